The van der Waals surface area contributed by atoms with Crippen molar-refractivity contribution in [3.8, 4) is 11.5 Å². The van der Waals surface area contributed by atoms with Crippen LogP contribution in [0.25, 0.3) is 0 Å². The van der Waals surface area contributed by atoms with Crippen LogP contribution in [0.2, 0.25) is 0 Å². The van der Waals surface area contributed by atoms with Crippen molar-refractivity contribution in [2.24, 2.45) is 0 Å². The first-order chi connectivity index (χ1) is 4.86. The van der Waals surface area contributed by atoms with E-state index < -0.39 is 0 Å². The maximum atomic E-state index is 4.96. The van der Waals surface area contributed by atoms with Gasteiger partial charge >= 0.3 is 29.6 Å². The fourth-order valence-electron chi connectivity index (χ4n) is 0.712. The molecule has 0 amide bonds. The van der Waals surface area contributed by atoms with Crippen LogP contribution in [0, 0.1) is 0 Å². The minimum Gasteiger partial charge on any atom is -0.577 e. The van der Waals surface area contributed by atoms with E-state index in [1.807, 2.05) is 24.3 Å². The van der Waals surface area contributed by atoms with Gasteiger partial charge in [0.2, 0.25) is 0 Å². The van der Waals surface area contributed by atoms with Crippen LogP contribution in [0.4, 0.5) is 0 Å². The molecule has 0 aliphatic heterocycles. The molecule has 0 fully saturated rings. The first-order valence-corrected chi connectivity index (χ1v) is 3.05. The van der Waals surface area contributed by atoms with Crippen LogP contribution in [0.3, 0.4) is 0 Å². The minimum atomic E-state index is 0. The van der Waals surface area contributed by atoms with Crippen LogP contribution in [0.15, 0.2) is 24.3 Å². The van der Waals surface area contributed by atoms with Crippen molar-refractivity contribution in [3.05, 3.63) is 24.3 Å². The number of rotatable bonds is 2. The SMILES string of the molecule is COc1ccc(OC)cc1.[Na+].[PH2-]. The van der Waals surface area contributed by atoms with Crippen molar-refractivity contribution in [1.29, 1.82) is 0 Å². The summed E-state index contributed by atoms with van der Waals surface area (Å²) in [5.41, 5.74) is 0. The Labute approximate surface area is 98.6 Å². The Balaban J connectivity index is 0. The summed E-state index contributed by atoms with van der Waals surface area (Å²) < 4.78 is 9.92. The van der Waals surface area contributed by atoms with Crippen molar-refractivity contribution in [2.45, 2.75) is 0 Å². The quantitative estimate of drug-likeness (QED) is 0.445. The molecular formula is C8H12NaO2P. The maximum absolute atomic E-state index is 4.96. The molecule has 2 nitrogen and oxygen atoms in total. The molecule has 1 rings (SSSR count). The molecule has 0 N–H and O–H groups in total. The van der Waals surface area contributed by atoms with Gasteiger partial charge in [0.25, 0.3) is 0 Å². The van der Waals surface area contributed by atoms with Gasteiger partial charge in [-0.3, -0.25) is 0 Å². The van der Waals surface area contributed by atoms with Crippen molar-refractivity contribution in [2.75, 3.05) is 14.2 Å². The number of benzene rings is 1. The minimum absolute atomic E-state index is 0. The topological polar surface area (TPSA) is 18.5 Å². The van der Waals surface area contributed by atoms with E-state index in [1.54, 1.807) is 14.2 Å². The summed E-state index contributed by atoms with van der Waals surface area (Å²) in [6, 6.07) is 7.44. The Morgan fingerprint density at radius 3 is 1.25 bits per heavy atom. The molecule has 0 radical (unpaired) electrons. The fourth-order valence-corrected chi connectivity index (χ4v) is 0.712. The third-order valence-electron chi connectivity index (χ3n) is 1.30. The summed E-state index contributed by atoms with van der Waals surface area (Å²) in [7, 11) is 3.28. The van der Waals surface area contributed by atoms with Crippen LogP contribution in [-0.4, -0.2) is 14.2 Å². The molecule has 0 aromatic heterocycles. The molecule has 0 saturated heterocycles. The number of hydrogen-bond acceptors (Lipinski definition) is 2. The van der Waals surface area contributed by atoms with Crippen molar-refractivity contribution in [1.82, 2.24) is 0 Å². The summed E-state index contributed by atoms with van der Waals surface area (Å²) >= 11 is 0. The molecule has 4 heteroatoms. The predicted molar refractivity (Wildman–Crippen MR) is 49.3 cm³/mol. The van der Waals surface area contributed by atoms with E-state index in [9.17, 15) is 0 Å². The van der Waals surface area contributed by atoms with Gasteiger partial charge in [0.15, 0.2) is 0 Å². The zero-order chi connectivity index (χ0) is 7.40. The van der Waals surface area contributed by atoms with Gasteiger partial charge in [0.1, 0.15) is 11.5 Å². The fraction of sp³-hybridized carbons (Fsp3) is 0.250. The van der Waals surface area contributed by atoms with Crippen molar-refractivity contribution in [3.63, 3.8) is 0 Å². The van der Waals surface area contributed by atoms with Crippen LogP contribution in [0.1, 0.15) is 0 Å². The molecule has 0 atom stereocenters. The van der Waals surface area contributed by atoms with E-state index in [2.05, 4.69) is 0 Å². The Morgan fingerprint density at radius 1 is 0.833 bits per heavy atom. The summed E-state index contributed by atoms with van der Waals surface area (Å²) in [5.74, 6) is 1.70. The van der Waals surface area contributed by atoms with Gasteiger partial charge in [-0.2, -0.15) is 0 Å². The van der Waals surface area contributed by atoms with Crippen LogP contribution in [0.5, 0.6) is 11.5 Å². The first kappa shape index (κ1) is 14.8. The average Bonchev–Trinajstić information content (AvgIpc) is 2.05. The Kier molecular flexibility index (Phi) is 9.69. The molecule has 0 bridgehead atoms. The molecule has 0 aliphatic rings. The first-order valence-electron chi connectivity index (χ1n) is 3.05. The molecule has 12 heavy (non-hydrogen) atoms. The van der Waals surface area contributed by atoms with E-state index in [1.165, 1.54) is 0 Å². The largest absolute Gasteiger partial charge is 1.00 e. The predicted octanol–water partition coefficient (Wildman–Crippen LogP) is -0.966. The van der Waals surface area contributed by atoms with Crippen molar-refractivity contribution < 1.29 is 39.0 Å². The monoisotopic (exact) mass is 194 g/mol. The Hall–Kier alpha value is 0.250. The zero-order valence-electron chi connectivity index (χ0n) is 7.70. The average molecular weight is 194 g/mol. The smallest absolute Gasteiger partial charge is 0.577 e. The summed E-state index contributed by atoms with van der Waals surface area (Å²) in [6.07, 6.45) is 0. The van der Waals surface area contributed by atoms with Crippen LogP contribution >= 0.6 is 9.90 Å². The van der Waals surface area contributed by atoms with E-state index >= 15 is 0 Å². The van der Waals surface area contributed by atoms with Gasteiger partial charge in [0.05, 0.1) is 14.2 Å². The van der Waals surface area contributed by atoms with E-state index in [0.29, 0.717) is 0 Å². The summed E-state index contributed by atoms with van der Waals surface area (Å²) in [4.78, 5) is 0. The second kappa shape index (κ2) is 7.88. The second-order valence-corrected chi connectivity index (χ2v) is 1.88. The van der Waals surface area contributed by atoms with Crippen LogP contribution in [-0.2, 0) is 0 Å². The molecule has 62 valence electrons. The molecule has 0 aliphatic carbocycles. The van der Waals surface area contributed by atoms with Gasteiger partial charge in [0, 0.05) is 0 Å². The second-order valence-electron chi connectivity index (χ2n) is 1.88. The van der Waals surface area contributed by atoms with E-state index in [0.717, 1.165) is 11.5 Å². The number of methoxy groups -OCH3 is 2. The summed E-state index contributed by atoms with van der Waals surface area (Å²) in [5, 5.41) is 0. The third-order valence-corrected chi connectivity index (χ3v) is 1.30. The zero-order valence-corrected chi connectivity index (χ0v) is 10.9. The van der Waals surface area contributed by atoms with Gasteiger partial charge in [-0.25, -0.2) is 0 Å². The maximum Gasteiger partial charge on any atom is 1.00 e. The van der Waals surface area contributed by atoms with Crippen molar-refractivity contribution >= 4 is 9.90 Å². The molecule has 0 heterocycles. The Morgan fingerprint density at radius 2 is 1.08 bits per heavy atom. The molecule has 0 unspecified atom stereocenters. The van der Waals surface area contributed by atoms with E-state index in [-0.39, 0.29) is 39.5 Å². The molecule has 1 aromatic rings. The molecule has 0 saturated carbocycles. The third kappa shape index (κ3) is 4.32. The summed E-state index contributed by atoms with van der Waals surface area (Å²) in [6.45, 7) is 0. The Bertz CT molecular complexity index is 178. The van der Waals surface area contributed by atoms with Gasteiger partial charge in [-0.05, 0) is 24.3 Å². The number of hydrogen-bond donors (Lipinski definition) is 0. The van der Waals surface area contributed by atoms with Crippen LogP contribution < -0.4 is 39.0 Å². The van der Waals surface area contributed by atoms with Gasteiger partial charge in [-0.1, -0.05) is 0 Å². The molecule has 1 aromatic carbocycles. The van der Waals surface area contributed by atoms with E-state index in [4.69, 9.17) is 9.47 Å². The number of ether oxygens (including phenoxy) is 2. The molecule has 0 spiro atoms. The van der Waals surface area contributed by atoms with Gasteiger partial charge < -0.3 is 19.4 Å². The standard InChI is InChI=1S/C8H10O2.Na.H2P/c1-9-7-3-5-8(10-2)6-4-7;;/h3-6H,1-2H3;;1H2/q;+1;-1. The normalized spacial score (nSPS) is 7.50. The van der Waals surface area contributed by atoms with Gasteiger partial charge in [-0.15, -0.1) is 0 Å². The molecular weight excluding hydrogens is 182 g/mol.